The molecule has 0 aliphatic rings. The minimum absolute atomic E-state index is 0.151. The lowest BCUT2D eigenvalue weighted by Crippen LogP contribution is -2.30. The van der Waals surface area contributed by atoms with Crippen molar-refractivity contribution in [3.8, 4) is 0 Å². The van der Waals surface area contributed by atoms with Crippen LogP contribution in [0.3, 0.4) is 0 Å². The van der Waals surface area contributed by atoms with Crippen molar-refractivity contribution in [2.45, 2.75) is 24.3 Å². The summed E-state index contributed by atoms with van der Waals surface area (Å²) < 4.78 is 34.5. The van der Waals surface area contributed by atoms with Crippen molar-refractivity contribution >= 4 is 21.7 Å². The van der Waals surface area contributed by atoms with Crippen LogP contribution in [0.2, 0.25) is 0 Å². The number of alkyl halides is 4. The normalized spacial score (nSPS) is 14.9. The fourth-order valence-corrected chi connectivity index (χ4v) is 0.623. The van der Waals surface area contributed by atoms with E-state index in [9.17, 15) is 18.0 Å². The van der Waals surface area contributed by atoms with Crippen molar-refractivity contribution < 1.29 is 18.0 Å². The fourth-order valence-electron chi connectivity index (χ4n) is 0.363. The number of hydrogen-bond donors (Lipinski definition) is 0. The Kier molecular flexibility index (Phi) is 3.35. The summed E-state index contributed by atoms with van der Waals surface area (Å²) in [7, 11) is 0. The molecule has 0 radical (unpaired) electrons. The molecule has 0 saturated carbocycles. The van der Waals surface area contributed by atoms with E-state index in [2.05, 4.69) is 15.9 Å². The van der Waals surface area contributed by atoms with Crippen LogP contribution >= 0.6 is 15.9 Å². The summed E-state index contributed by atoms with van der Waals surface area (Å²) in [5.41, 5.74) is 0. The Balaban J connectivity index is 4.09. The van der Waals surface area contributed by atoms with Gasteiger partial charge in [-0.2, -0.15) is 13.2 Å². The molecule has 0 N–H and O–H groups in total. The van der Waals surface area contributed by atoms with E-state index in [-0.39, 0.29) is 6.42 Å². The van der Waals surface area contributed by atoms with Crippen molar-refractivity contribution in [2.24, 2.45) is 0 Å². The average molecular weight is 219 g/mol. The molecule has 0 saturated heterocycles. The van der Waals surface area contributed by atoms with Gasteiger partial charge >= 0.3 is 6.18 Å². The van der Waals surface area contributed by atoms with E-state index in [0.29, 0.717) is 0 Å². The highest BCUT2D eigenvalue weighted by Gasteiger charge is 2.41. The number of carbonyl (C=O) groups excluding carboxylic acids is 1. The molecule has 0 fully saturated rings. The van der Waals surface area contributed by atoms with Gasteiger partial charge in [-0.25, -0.2) is 0 Å². The summed E-state index contributed by atoms with van der Waals surface area (Å²) in [5.74, 6) is -1.71. The smallest absolute Gasteiger partial charge is 0.288 e. The van der Waals surface area contributed by atoms with Crippen LogP contribution < -0.4 is 0 Å². The highest BCUT2D eigenvalue weighted by atomic mass is 79.9. The third kappa shape index (κ3) is 2.68. The number of carbonyl (C=O) groups is 1. The molecule has 0 aromatic heterocycles. The molecular weight excluding hydrogens is 213 g/mol. The minimum atomic E-state index is -4.70. The van der Waals surface area contributed by atoms with E-state index in [1.54, 1.807) is 0 Å². The van der Waals surface area contributed by atoms with Crippen molar-refractivity contribution in [2.75, 3.05) is 0 Å². The lowest BCUT2D eigenvalue weighted by atomic mass is 10.2. The molecule has 60 valence electrons. The molecule has 1 nitrogen and oxygen atoms in total. The van der Waals surface area contributed by atoms with Gasteiger partial charge in [0, 0.05) is 0 Å². The standard InChI is InChI=1S/C5H6BrF3O/c1-2-3(6)4(10)5(7,8)9/h3H,2H2,1H3. The number of hydrogen-bond acceptors (Lipinski definition) is 1. The first kappa shape index (κ1) is 9.94. The summed E-state index contributed by atoms with van der Waals surface area (Å²) in [6, 6.07) is 0. The van der Waals surface area contributed by atoms with Crippen molar-refractivity contribution in [3.05, 3.63) is 0 Å². The molecule has 0 aliphatic carbocycles. The minimum Gasteiger partial charge on any atom is -0.288 e. The van der Waals surface area contributed by atoms with Crippen molar-refractivity contribution in [1.29, 1.82) is 0 Å². The van der Waals surface area contributed by atoms with E-state index in [1.165, 1.54) is 6.92 Å². The van der Waals surface area contributed by atoms with Crippen molar-refractivity contribution in [1.82, 2.24) is 0 Å². The fraction of sp³-hybridized carbons (Fsp3) is 0.800. The molecule has 5 heteroatoms. The Hall–Kier alpha value is -0.0600. The number of ketones is 1. The highest BCUT2D eigenvalue weighted by Crippen LogP contribution is 2.22. The van der Waals surface area contributed by atoms with E-state index >= 15 is 0 Å². The molecular formula is C5H6BrF3O. The Morgan fingerprint density at radius 2 is 2.00 bits per heavy atom. The second-order valence-corrected chi connectivity index (χ2v) is 2.84. The quantitative estimate of drug-likeness (QED) is 0.651. The van der Waals surface area contributed by atoms with Crippen LogP contribution in [0, 0.1) is 0 Å². The highest BCUT2D eigenvalue weighted by molar-refractivity contribution is 9.10. The second-order valence-electron chi connectivity index (χ2n) is 1.74. The molecule has 0 amide bonds. The predicted molar refractivity (Wildman–Crippen MR) is 34.1 cm³/mol. The van der Waals surface area contributed by atoms with Gasteiger partial charge < -0.3 is 0 Å². The zero-order chi connectivity index (χ0) is 8.36. The zero-order valence-electron chi connectivity index (χ0n) is 5.20. The molecule has 0 bridgehead atoms. The predicted octanol–water partition coefficient (Wildman–Crippen LogP) is 2.29. The zero-order valence-corrected chi connectivity index (χ0v) is 6.79. The first-order valence-corrected chi connectivity index (χ1v) is 3.56. The molecule has 0 rings (SSSR count). The maximum atomic E-state index is 11.5. The third-order valence-corrected chi connectivity index (χ3v) is 1.99. The van der Waals surface area contributed by atoms with Gasteiger partial charge in [0.1, 0.15) is 0 Å². The van der Waals surface area contributed by atoms with Crippen molar-refractivity contribution in [3.63, 3.8) is 0 Å². The summed E-state index contributed by atoms with van der Waals surface area (Å²) in [6.45, 7) is 1.50. The second kappa shape index (κ2) is 3.37. The molecule has 0 aromatic rings. The Morgan fingerprint density at radius 1 is 1.60 bits per heavy atom. The van der Waals surface area contributed by atoms with Gasteiger partial charge in [0.15, 0.2) is 0 Å². The summed E-state index contributed by atoms with van der Waals surface area (Å²) in [6.07, 6.45) is -4.55. The van der Waals surface area contributed by atoms with Gasteiger partial charge in [-0.15, -0.1) is 0 Å². The van der Waals surface area contributed by atoms with Crippen LogP contribution in [-0.2, 0) is 4.79 Å². The third-order valence-electron chi connectivity index (χ3n) is 0.922. The molecule has 0 aliphatic heterocycles. The van der Waals surface area contributed by atoms with Crippen LogP contribution in [0.4, 0.5) is 13.2 Å². The Morgan fingerprint density at radius 3 is 2.10 bits per heavy atom. The number of Topliss-reactive ketones (excluding diaryl/α,β-unsaturated/α-hetero) is 1. The average Bonchev–Trinajstić information content (AvgIpc) is 1.83. The van der Waals surface area contributed by atoms with Crippen LogP contribution in [0.5, 0.6) is 0 Å². The van der Waals surface area contributed by atoms with Gasteiger partial charge in [-0.3, -0.25) is 4.79 Å². The lowest BCUT2D eigenvalue weighted by Gasteiger charge is -2.07. The maximum absolute atomic E-state index is 11.5. The number of halogens is 4. The van der Waals surface area contributed by atoms with Crippen LogP contribution in [0.1, 0.15) is 13.3 Å². The van der Waals surface area contributed by atoms with Gasteiger partial charge in [-0.1, -0.05) is 22.9 Å². The molecule has 1 atom stereocenters. The van der Waals surface area contributed by atoms with E-state index in [4.69, 9.17) is 0 Å². The Labute approximate surface area is 64.7 Å². The largest absolute Gasteiger partial charge is 0.451 e. The monoisotopic (exact) mass is 218 g/mol. The van der Waals surface area contributed by atoms with E-state index in [0.717, 1.165) is 0 Å². The SMILES string of the molecule is CCC(Br)C(=O)C(F)(F)F. The van der Waals surface area contributed by atoms with E-state index in [1.807, 2.05) is 0 Å². The summed E-state index contributed by atoms with van der Waals surface area (Å²) in [5, 5.41) is 0. The maximum Gasteiger partial charge on any atom is 0.451 e. The Bertz CT molecular complexity index is 131. The summed E-state index contributed by atoms with van der Waals surface area (Å²) in [4.78, 5) is 9.13. The first-order chi connectivity index (χ1) is 4.39. The molecule has 1 unspecified atom stereocenters. The molecule has 0 spiro atoms. The molecule has 0 heterocycles. The molecule has 10 heavy (non-hydrogen) atoms. The topological polar surface area (TPSA) is 17.1 Å². The van der Waals surface area contributed by atoms with Crippen LogP contribution in [0.25, 0.3) is 0 Å². The number of rotatable bonds is 2. The van der Waals surface area contributed by atoms with Gasteiger partial charge in [0.2, 0.25) is 5.78 Å². The van der Waals surface area contributed by atoms with Gasteiger partial charge in [0.25, 0.3) is 0 Å². The van der Waals surface area contributed by atoms with Crippen LogP contribution in [0.15, 0.2) is 0 Å². The van der Waals surface area contributed by atoms with Gasteiger partial charge in [0.05, 0.1) is 4.83 Å². The van der Waals surface area contributed by atoms with Gasteiger partial charge in [-0.05, 0) is 6.42 Å². The van der Waals surface area contributed by atoms with E-state index < -0.39 is 16.8 Å². The first-order valence-electron chi connectivity index (χ1n) is 2.64. The van der Waals surface area contributed by atoms with Crippen LogP contribution in [-0.4, -0.2) is 16.8 Å². The summed E-state index contributed by atoms with van der Waals surface area (Å²) >= 11 is 2.61. The lowest BCUT2D eigenvalue weighted by molar-refractivity contribution is -0.170. The molecule has 0 aromatic carbocycles.